The van der Waals surface area contributed by atoms with E-state index in [0.29, 0.717) is 46.7 Å². The second kappa shape index (κ2) is 9.15. The van der Waals surface area contributed by atoms with Gasteiger partial charge in [-0.15, -0.1) is 0 Å². The van der Waals surface area contributed by atoms with Crippen LogP contribution in [0.1, 0.15) is 42.4 Å². The van der Waals surface area contributed by atoms with Crippen molar-refractivity contribution in [3.63, 3.8) is 0 Å². The molecule has 1 fully saturated rings. The topological polar surface area (TPSA) is 57.1 Å². The number of hydrogen-bond donors (Lipinski definition) is 2. The molecule has 3 aromatic rings. The lowest BCUT2D eigenvalue weighted by atomic mass is 9.91. The van der Waals surface area contributed by atoms with Crippen LogP contribution in [0.25, 0.3) is 0 Å². The first-order chi connectivity index (χ1) is 16.5. The number of fused-ring (bicyclic) bond motifs is 1. The summed E-state index contributed by atoms with van der Waals surface area (Å²) in [4.78, 5) is 0. The molecule has 0 aromatic heterocycles. The number of anilines is 2. The molecule has 0 bridgehead atoms. The molecule has 7 heteroatoms. The monoisotopic (exact) mass is 479 g/mol. The van der Waals surface area contributed by atoms with E-state index in [0.717, 1.165) is 36.1 Å². The molecule has 0 unspecified atom stereocenters. The Kier molecular flexibility index (Phi) is 6.05. The molecular formula is C27H24ClF2N3O. The van der Waals surface area contributed by atoms with E-state index in [2.05, 4.69) is 16.7 Å². The van der Waals surface area contributed by atoms with E-state index >= 15 is 0 Å². The van der Waals surface area contributed by atoms with Gasteiger partial charge in [0, 0.05) is 29.1 Å². The van der Waals surface area contributed by atoms with Crippen LogP contribution >= 0.6 is 11.6 Å². The summed E-state index contributed by atoms with van der Waals surface area (Å²) in [5.41, 5.74) is 2.27. The van der Waals surface area contributed by atoms with Crippen LogP contribution in [0.2, 0.25) is 5.02 Å². The number of rotatable bonds is 6. The maximum absolute atomic E-state index is 14.0. The maximum atomic E-state index is 14.0. The highest BCUT2D eigenvalue weighted by atomic mass is 35.5. The fourth-order valence-electron chi connectivity index (χ4n) is 4.92. The zero-order valence-electron chi connectivity index (χ0n) is 18.5. The highest BCUT2D eigenvalue weighted by Crippen LogP contribution is 2.45. The molecule has 34 heavy (non-hydrogen) atoms. The number of benzene rings is 3. The van der Waals surface area contributed by atoms with Crippen LogP contribution in [-0.4, -0.2) is 6.61 Å². The normalized spacial score (nSPS) is 16.4. The Labute approximate surface area is 202 Å². The SMILES string of the molecule is N#Cc1ccc(CC2(c3ccc(Cl)cc3OCC3CCCC3)Nc3cc(F)c(F)cc3N2)cc1. The van der Waals surface area contributed by atoms with Gasteiger partial charge in [0.1, 0.15) is 11.4 Å². The first-order valence-corrected chi connectivity index (χ1v) is 11.8. The third-order valence-corrected chi connectivity index (χ3v) is 6.90. The molecule has 1 saturated carbocycles. The molecule has 3 aromatic carbocycles. The van der Waals surface area contributed by atoms with Crippen molar-refractivity contribution in [2.24, 2.45) is 5.92 Å². The fourth-order valence-corrected chi connectivity index (χ4v) is 5.08. The van der Waals surface area contributed by atoms with Crippen molar-refractivity contribution in [1.82, 2.24) is 0 Å². The van der Waals surface area contributed by atoms with Crippen LogP contribution in [0.3, 0.4) is 0 Å². The summed E-state index contributed by atoms with van der Waals surface area (Å²) in [6.45, 7) is 0.594. The Morgan fingerprint density at radius 2 is 1.62 bits per heavy atom. The lowest BCUT2D eigenvalue weighted by Gasteiger charge is -2.33. The first kappa shape index (κ1) is 22.5. The van der Waals surface area contributed by atoms with Gasteiger partial charge in [0.25, 0.3) is 0 Å². The predicted molar refractivity (Wildman–Crippen MR) is 129 cm³/mol. The lowest BCUT2D eigenvalue weighted by molar-refractivity contribution is 0.247. The van der Waals surface area contributed by atoms with Crippen LogP contribution in [-0.2, 0) is 12.1 Å². The zero-order chi connectivity index (χ0) is 23.7. The molecule has 0 spiro atoms. The summed E-state index contributed by atoms with van der Waals surface area (Å²) in [7, 11) is 0. The van der Waals surface area contributed by atoms with Crippen LogP contribution in [0.15, 0.2) is 54.6 Å². The maximum Gasteiger partial charge on any atom is 0.161 e. The largest absolute Gasteiger partial charge is 0.493 e. The van der Waals surface area contributed by atoms with Gasteiger partial charge in [-0.2, -0.15) is 5.26 Å². The Bertz CT molecular complexity index is 1220. The molecular weight excluding hydrogens is 456 g/mol. The summed E-state index contributed by atoms with van der Waals surface area (Å²) < 4.78 is 34.4. The van der Waals surface area contributed by atoms with Crippen molar-refractivity contribution < 1.29 is 13.5 Å². The summed E-state index contributed by atoms with van der Waals surface area (Å²) in [5.74, 6) is -0.708. The number of nitrogens with one attached hydrogen (secondary N) is 2. The average molecular weight is 480 g/mol. The van der Waals surface area contributed by atoms with Gasteiger partial charge in [-0.25, -0.2) is 8.78 Å². The average Bonchev–Trinajstić information content (AvgIpc) is 3.47. The number of nitrogens with zero attached hydrogens (tertiary/aromatic N) is 1. The van der Waals surface area contributed by atoms with E-state index < -0.39 is 17.3 Å². The third kappa shape index (κ3) is 4.41. The molecule has 1 aliphatic heterocycles. The van der Waals surface area contributed by atoms with Crippen LogP contribution in [0, 0.1) is 28.9 Å². The molecule has 0 atom stereocenters. The van der Waals surface area contributed by atoms with Gasteiger partial charge in [0.2, 0.25) is 0 Å². The Hall–Kier alpha value is -3.30. The molecule has 0 amide bonds. The van der Waals surface area contributed by atoms with Gasteiger partial charge in [0.15, 0.2) is 11.6 Å². The molecule has 174 valence electrons. The van der Waals surface area contributed by atoms with E-state index in [1.54, 1.807) is 24.3 Å². The number of hydrogen-bond acceptors (Lipinski definition) is 4. The van der Waals surface area contributed by atoms with Crippen LogP contribution in [0.5, 0.6) is 5.75 Å². The molecule has 1 heterocycles. The molecule has 5 rings (SSSR count). The number of halogens is 3. The van der Waals surface area contributed by atoms with Crippen molar-refractivity contribution in [1.29, 1.82) is 5.26 Å². The quantitative estimate of drug-likeness (QED) is 0.400. The highest BCUT2D eigenvalue weighted by molar-refractivity contribution is 6.30. The van der Waals surface area contributed by atoms with E-state index in [1.807, 2.05) is 18.2 Å². The Balaban J connectivity index is 1.55. The van der Waals surface area contributed by atoms with Crippen molar-refractivity contribution in [3.8, 4) is 11.8 Å². The zero-order valence-corrected chi connectivity index (χ0v) is 19.3. The lowest BCUT2D eigenvalue weighted by Crippen LogP contribution is -2.41. The van der Waals surface area contributed by atoms with Crippen molar-refractivity contribution >= 4 is 23.0 Å². The fraction of sp³-hybridized carbons (Fsp3) is 0.296. The number of ether oxygens (including phenoxy) is 1. The summed E-state index contributed by atoms with van der Waals surface area (Å²) in [6.07, 6.45) is 5.15. The summed E-state index contributed by atoms with van der Waals surface area (Å²) in [5, 5.41) is 16.5. The van der Waals surface area contributed by atoms with Gasteiger partial charge in [-0.1, -0.05) is 36.6 Å². The van der Waals surface area contributed by atoms with Gasteiger partial charge >= 0.3 is 0 Å². The third-order valence-electron chi connectivity index (χ3n) is 6.66. The highest BCUT2D eigenvalue weighted by Gasteiger charge is 2.41. The van der Waals surface area contributed by atoms with Gasteiger partial charge < -0.3 is 15.4 Å². The number of nitriles is 1. The summed E-state index contributed by atoms with van der Waals surface area (Å²) >= 11 is 6.34. The second-order valence-electron chi connectivity index (χ2n) is 9.05. The van der Waals surface area contributed by atoms with Crippen molar-refractivity contribution in [2.45, 2.75) is 37.8 Å². The van der Waals surface area contributed by atoms with E-state index in [9.17, 15) is 8.78 Å². The van der Waals surface area contributed by atoms with Crippen molar-refractivity contribution in [3.05, 3.63) is 87.9 Å². The minimum atomic E-state index is -0.938. The van der Waals surface area contributed by atoms with Crippen LogP contribution < -0.4 is 15.4 Å². The van der Waals surface area contributed by atoms with Gasteiger partial charge in [-0.3, -0.25) is 0 Å². The van der Waals surface area contributed by atoms with Gasteiger partial charge in [0.05, 0.1) is 29.6 Å². The first-order valence-electron chi connectivity index (χ1n) is 11.4. The standard InChI is InChI=1S/C27H24ClF2N3O/c28-20-9-10-21(26(11-20)34-16-19-3-1-2-4-19)27(14-17-5-7-18(15-31)8-6-17)32-24-12-22(29)23(30)13-25(24)33-27/h5-13,19,32-33H,1-4,14,16H2. The van der Waals surface area contributed by atoms with Crippen molar-refractivity contribution in [2.75, 3.05) is 17.2 Å². The van der Waals surface area contributed by atoms with Gasteiger partial charge in [-0.05, 0) is 54.7 Å². The molecule has 4 nitrogen and oxygen atoms in total. The Morgan fingerprint density at radius 3 is 2.24 bits per heavy atom. The van der Waals surface area contributed by atoms with E-state index in [4.69, 9.17) is 21.6 Å². The molecule has 0 saturated heterocycles. The molecule has 2 N–H and O–H groups in total. The minimum absolute atomic E-state index is 0.429. The Morgan fingerprint density at radius 1 is 0.971 bits per heavy atom. The molecule has 1 aliphatic carbocycles. The van der Waals surface area contributed by atoms with E-state index in [-0.39, 0.29) is 0 Å². The summed E-state index contributed by atoms with van der Waals surface area (Å²) in [6, 6.07) is 17.2. The molecule has 0 radical (unpaired) electrons. The second-order valence-corrected chi connectivity index (χ2v) is 9.49. The minimum Gasteiger partial charge on any atom is -0.493 e. The predicted octanol–water partition coefficient (Wildman–Crippen LogP) is 6.99. The molecule has 2 aliphatic rings. The van der Waals surface area contributed by atoms with E-state index in [1.165, 1.54) is 12.8 Å². The van der Waals surface area contributed by atoms with Crippen LogP contribution in [0.4, 0.5) is 20.2 Å². The smallest absolute Gasteiger partial charge is 0.161 e.